The van der Waals surface area contributed by atoms with Gasteiger partial charge in [-0.1, -0.05) is 5.16 Å². The summed E-state index contributed by atoms with van der Waals surface area (Å²) in [4.78, 5) is 10.9. The second-order valence-corrected chi connectivity index (χ2v) is 5.74. The van der Waals surface area contributed by atoms with Crippen molar-refractivity contribution in [2.45, 2.75) is 11.4 Å². The van der Waals surface area contributed by atoms with Gasteiger partial charge in [0.15, 0.2) is 5.76 Å². The Labute approximate surface area is 120 Å². The lowest BCUT2D eigenvalue weighted by molar-refractivity contribution is 0.0693. The second kappa shape index (κ2) is 5.94. The monoisotopic (exact) mass is 312 g/mol. The van der Waals surface area contributed by atoms with Crippen LogP contribution in [0.1, 0.15) is 16.1 Å². The number of aromatic nitrogens is 1. The molecule has 1 aromatic heterocycles. The van der Waals surface area contributed by atoms with Crippen LogP contribution in [0.3, 0.4) is 0 Å². The van der Waals surface area contributed by atoms with E-state index in [1.807, 2.05) is 0 Å². The lowest BCUT2D eigenvalue weighted by Gasteiger charge is -2.09. The Morgan fingerprint density at radius 3 is 2.76 bits per heavy atom. The Hall–Kier alpha value is -2.39. The van der Waals surface area contributed by atoms with Gasteiger partial charge in [0, 0.05) is 6.07 Å². The zero-order chi connectivity index (χ0) is 15.5. The number of ether oxygens (including phenoxy) is 1. The van der Waals surface area contributed by atoms with Crippen LogP contribution in [0.4, 0.5) is 0 Å². The Morgan fingerprint density at radius 1 is 1.43 bits per heavy atom. The topological polar surface area (TPSA) is 119 Å². The van der Waals surface area contributed by atoms with E-state index in [4.69, 9.17) is 14.4 Å². The number of rotatable bonds is 6. The molecule has 1 aromatic carbocycles. The number of sulfonamides is 1. The van der Waals surface area contributed by atoms with Crippen LogP contribution in [0, 0.1) is 0 Å². The molecule has 0 unspecified atom stereocenters. The Balaban J connectivity index is 2.27. The fourth-order valence-corrected chi connectivity index (χ4v) is 2.62. The van der Waals surface area contributed by atoms with Gasteiger partial charge in [-0.15, -0.1) is 0 Å². The molecule has 112 valence electrons. The third-order valence-electron chi connectivity index (χ3n) is 2.64. The fraction of sp³-hybridized carbons (Fsp3) is 0.167. The molecule has 21 heavy (non-hydrogen) atoms. The number of carbonyl (C=O) groups is 1. The van der Waals surface area contributed by atoms with Crippen molar-refractivity contribution in [1.29, 1.82) is 0 Å². The summed E-state index contributed by atoms with van der Waals surface area (Å²) in [6.07, 6.45) is 1.39. The predicted octanol–water partition coefficient (Wildman–Crippen LogP) is 0.860. The summed E-state index contributed by atoms with van der Waals surface area (Å²) in [7, 11) is -2.57. The molecule has 0 radical (unpaired) electrons. The fourth-order valence-electron chi connectivity index (χ4n) is 1.60. The summed E-state index contributed by atoms with van der Waals surface area (Å²) >= 11 is 0. The van der Waals surface area contributed by atoms with Gasteiger partial charge in [0.2, 0.25) is 10.0 Å². The molecule has 0 saturated heterocycles. The highest BCUT2D eigenvalue weighted by molar-refractivity contribution is 7.89. The summed E-state index contributed by atoms with van der Waals surface area (Å²) in [5.74, 6) is -0.860. The number of carboxylic acid groups (broad SMARTS) is 1. The molecule has 0 aliphatic rings. The van der Waals surface area contributed by atoms with E-state index in [2.05, 4.69) is 9.88 Å². The van der Waals surface area contributed by atoms with Gasteiger partial charge < -0.3 is 14.4 Å². The van der Waals surface area contributed by atoms with Crippen LogP contribution in [0.5, 0.6) is 5.75 Å². The SMILES string of the molecule is COc1ccc(S(=O)(=O)NCc2ccno2)cc1C(=O)O. The standard InChI is InChI=1S/C12H12N2O6S/c1-19-11-3-2-9(6-10(11)12(15)16)21(17,18)14-7-8-4-5-13-20-8/h2-6,14H,7H2,1H3,(H,15,16). The van der Waals surface area contributed by atoms with E-state index >= 15 is 0 Å². The van der Waals surface area contributed by atoms with E-state index in [1.54, 1.807) is 0 Å². The molecule has 0 saturated carbocycles. The van der Waals surface area contributed by atoms with Crippen LogP contribution in [0.25, 0.3) is 0 Å². The van der Waals surface area contributed by atoms with Gasteiger partial charge in [-0.05, 0) is 18.2 Å². The molecule has 9 heteroatoms. The molecule has 0 atom stereocenters. The molecule has 2 N–H and O–H groups in total. The largest absolute Gasteiger partial charge is 0.496 e. The zero-order valence-electron chi connectivity index (χ0n) is 10.9. The molecule has 2 aromatic rings. The van der Waals surface area contributed by atoms with Gasteiger partial charge in [0.1, 0.15) is 11.3 Å². The smallest absolute Gasteiger partial charge is 0.339 e. The number of hydrogen-bond acceptors (Lipinski definition) is 6. The third-order valence-corrected chi connectivity index (χ3v) is 4.04. The molecule has 0 fully saturated rings. The minimum atomic E-state index is -3.87. The van der Waals surface area contributed by atoms with E-state index in [9.17, 15) is 13.2 Å². The van der Waals surface area contributed by atoms with Crippen molar-refractivity contribution >= 4 is 16.0 Å². The minimum Gasteiger partial charge on any atom is -0.496 e. The maximum absolute atomic E-state index is 12.1. The van der Waals surface area contributed by atoms with Gasteiger partial charge in [-0.2, -0.15) is 0 Å². The highest BCUT2D eigenvalue weighted by atomic mass is 32.2. The van der Waals surface area contributed by atoms with Gasteiger partial charge in [0.25, 0.3) is 0 Å². The Morgan fingerprint density at radius 2 is 2.19 bits per heavy atom. The zero-order valence-corrected chi connectivity index (χ0v) is 11.8. The number of hydrogen-bond donors (Lipinski definition) is 2. The van der Waals surface area contributed by atoms with Gasteiger partial charge in [0.05, 0.1) is 24.7 Å². The highest BCUT2D eigenvalue weighted by Gasteiger charge is 2.19. The van der Waals surface area contributed by atoms with Crippen molar-refractivity contribution in [3.05, 3.63) is 41.8 Å². The van der Waals surface area contributed by atoms with E-state index < -0.39 is 16.0 Å². The first-order valence-electron chi connectivity index (χ1n) is 5.74. The van der Waals surface area contributed by atoms with Gasteiger partial charge in [-0.25, -0.2) is 17.9 Å². The van der Waals surface area contributed by atoms with Crippen molar-refractivity contribution in [1.82, 2.24) is 9.88 Å². The molecule has 0 amide bonds. The molecule has 0 aliphatic carbocycles. The van der Waals surface area contributed by atoms with E-state index in [0.29, 0.717) is 5.76 Å². The number of nitrogens with one attached hydrogen (secondary N) is 1. The van der Waals surface area contributed by atoms with Crippen molar-refractivity contribution < 1.29 is 27.6 Å². The molecule has 0 spiro atoms. The maximum atomic E-state index is 12.1. The first kappa shape index (κ1) is 15.0. The molecule has 8 nitrogen and oxygen atoms in total. The van der Waals surface area contributed by atoms with Crippen LogP contribution in [0.2, 0.25) is 0 Å². The van der Waals surface area contributed by atoms with Crippen molar-refractivity contribution in [3.8, 4) is 5.75 Å². The first-order chi connectivity index (χ1) is 9.94. The van der Waals surface area contributed by atoms with Crippen LogP contribution < -0.4 is 9.46 Å². The van der Waals surface area contributed by atoms with Gasteiger partial charge >= 0.3 is 5.97 Å². The van der Waals surface area contributed by atoms with E-state index in [-0.39, 0.29) is 22.8 Å². The first-order valence-corrected chi connectivity index (χ1v) is 7.23. The molecule has 1 heterocycles. The third kappa shape index (κ3) is 3.38. The number of benzene rings is 1. The maximum Gasteiger partial charge on any atom is 0.339 e. The summed E-state index contributed by atoms with van der Waals surface area (Å²) < 4.78 is 36.1. The molecule has 2 rings (SSSR count). The normalized spacial score (nSPS) is 11.3. The lowest BCUT2D eigenvalue weighted by Crippen LogP contribution is -2.23. The molecule has 0 bridgehead atoms. The van der Waals surface area contributed by atoms with Crippen LogP contribution in [-0.2, 0) is 16.6 Å². The van der Waals surface area contributed by atoms with E-state index in [0.717, 1.165) is 6.07 Å². The quantitative estimate of drug-likeness (QED) is 0.811. The average Bonchev–Trinajstić information content (AvgIpc) is 2.97. The average molecular weight is 312 g/mol. The molecular formula is C12H12N2O6S. The Kier molecular flexibility index (Phi) is 4.24. The van der Waals surface area contributed by atoms with Crippen LogP contribution in [-0.4, -0.2) is 31.8 Å². The predicted molar refractivity (Wildman–Crippen MR) is 70.5 cm³/mol. The summed E-state index contributed by atoms with van der Waals surface area (Å²) in [6.45, 7) is -0.0865. The lowest BCUT2D eigenvalue weighted by atomic mass is 10.2. The van der Waals surface area contributed by atoms with E-state index in [1.165, 1.54) is 31.5 Å². The number of carboxylic acids is 1. The summed E-state index contributed by atoms with van der Waals surface area (Å²) in [5.41, 5.74) is -0.236. The number of aromatic carboxylic acids is 1. The second-order valence-electron chi connectivity index (χ2n) is 3.97. The van der Waals surface area contributed by atoms with Gasteiger partial charge in [-0.3, -0.25) is 0 Å². The van der Waals surface area contributed by atoms with Crippen LogP contribution >= 0.6 is 0 Å². The van der Waals surface area contributed by atoms with Crippen molar-refractivity contribution in [3.63, 3.8) is 0 Å². The van der Waals surface area contributed by atoms with Crippen LogP contribution in [0.15, 0.2) is 39.9 Å². The van der Waals surface area contributed by atoms with Crippen molar-refractivity contribution in [2.24, 2.45) is 0 Å². The minimum absolute atomic E-state index is 0.0803. The highest BCUT2D eigenvalue weighted by Crippen LogP contribution is 2.22. The number of methoxy groups -OCH3 is 1. The number of nitrogens with zero attached hydrogens (tertiary/aromatic N) is 1. The Bertz CT molecular complexity index is 739. The molecular weight excluding hydrogens is 300 g/mol. The van der Waals surface area contributed by atoms with Crippen molar-refractivity contribution in [2.75, 3.05) is 7.11 Å². The molecule has 0 aliphatic heterocycles. The summed E-state index contributed by atoms with van der Waals surface area (Å²) in [5, 5.41) is 12.5. The summed E-state index contributed by atoms with van der Waals surface area (Å²) in [6, 6.07) is 5.09.